The molecule has 108 valence electrons. The Morgan fingerprint density at radius 2 is 1.80 bits per heavy atom. The number of urea groups is 1. The number of rotatable bonds is 5. The SMILES string of the molecule is CCNC(=O)NC(=O)[C@@H](OC(=O)CC)c1ccccc1. The first-order valence-electron chi connectivity index (χ1n) is 6.41. The van der Waals surface area contributed by atoms with Crippen molar-refractivity contribution >= 4 is 17.9 Å². The van der Waals surface area contributed by atoms with Crippen molar-refractivity contribution in [1.82, 2.24) is 10.6 Å². The van der Waals surface area contributed by atoms with Gasteiger partial charge in [-0.25, -0.2) is 4.79 Å². The zero-order chi connectivity index (χ0) is 15.0. The quantitative estimate of drug-likeness (QED) is 0.800. The predicted octanol–water partition coefficient (Wildman–Crippen LogP) is 1.53. The number of nitrogens with one attached hydrogen (secondary N) is 2. The zero-order valence-electron chi connectivity index (χ0n) is 11.5. The molecule has 0 fully saturated rings. The molecule has 0 aliphatic rings. The van der Waals surface area contributed by atoms with Crippen molar-refractivity contribution in [2.75, 3.05) is 6.54 Å². The lowest BCUT2D eigenvalue weighted by Crippen LogP contribution is -2.42. The topological polar surface area (TPSA) is 84.5 Å². The van der Waals surface area contributed by atoms with Gasteiger partial charge in [0.1, 0.15) is 0 Å². The van der Waals surface area contributed by atoms with E-state index in [4.69, 9.17) is 4.74 Å². The zero-order valence-corrected chi connectivity index (χ0v) is 11.5. The van der Waals surface area contributed by atoms with Crippen LogP contribution in [-0.4, -0.2) is 24.5 Å². The van der Waals surface area contributed by atoms with Gasteiger partial charge < -0.3 is 10.1 Å². The number of carbonyl (C=O) groups excluding carboxylic acids is 3. The van der Waals surface area contributed by atoms with Gasteiger partial charge in [0.25, 0.3) is 5.91 Å². The Bertz CT molecular complexity index is 473. The highest BCUT2D eigenvalue weighted by molar-refractivity contribution is 5.97. The second-order valence-electron chi connectivity index (χ2n) is 3.98. The fraction of sp³-hybridized carbons (Fsp3) is 0.357. The van der Waals surface area contributed by atoms with Crippen molar-refractivity contribution in [3.8, 4) is 0 Å². The van der Waals surface area contributed by atoms with Gasteiger partial charge in [0, 0.05) is 18.5 Å². The summed E-state index contributed by atoms with van der Waals surface area (Å²) in [7, 11) is 0. The van der Waals surface area contributed by atoms with Crippen LogP contribution in [0.15, 0.2) is 30.3 Å². The highest BCUT2D eigenvalue weighted by atomic mass is 16.5. The van der Waals surface area contributed by atoms with E-state index in [1.54, 1.807) is 44.2 Å². The summed E-state index contributed by atoms with van der Waals surface area (Å²) >= 11 is 0. The minimum Gasteiger partial charge on any atom is -0.447 e. The Labute approximate surface area is 117 Å². The van der Waals surface area contributed by atoms with Crippen LogP contribution < -0.4 is 10.6 Å². The van der Waals surface area contributed by atoms with Gasteiger partial charge in [-0.05, 0) is 6.92 Å². The lowest BCUT2D eigenvalue weighted by Gasteiger charge is -2.17. The van der Waals surface area contributed by atoms with Crippen LogP contribution in [-0.2, 0) is 14.3 Å². The first-order valence-corrected chi connectivity index (χ1v) is 6.41. The van der Waals surface area contributed by atoms with Crippen LogP contribution in [0.4, 0.5) is 4.79 Å². The molecule has 1 aromatic rings. The van der Waals surface area contributed by atoms with Gasteiger partial charge in [0.2, 0.25) is 6.10 Å². The summed E-state index contributed by atoms with van der Waals surface area (Å²) in [6.45, 7) is 3.76. The van der Waals surface area contributed by atoms with Gasteiger partial charge >= 0.3 is 12.0 Å². The molecule has 0 aliphatic heterocycles. The minimum absolute atomic E-state index is 0.151. The van der Waals surface area contributed by atoms with Crippen molar-refractivity contribution in [2.24, 2.45) is 0 Å². The molecule has 1 rings (SSSR count). The predicted molar refractivity (Wildman–Crippen MR) is 72.8 cm³/mol. The maximum Gasteiger partial charge on any atom is 0.321 e. The number of amides is 3. The molecular formula is C14H18N2O4. The van der Waals surface area contributed by atoms with Crippen molar-refractivity contribution in [3.05, 3.63) is 35.9 Å². The first-order chi connectivity index (χ1) is 9.58. The normalized spacial score (nSPS) is 11.3. The number of carbonyl (C=O) groups is 3. The number of benzene rings is 1. The van der Waals surface area contributed by atoms with E-state index in [-0.39, 0.29) is 6.42 Å². The fourth-order valence-corrected chi connectivity index (χ4v) is 1.50. The second kappa shape index (κ2) is 7.93. The molecule has 6 nitrogen and oxygen atoms in total. The van der Waals surface area contributed by atoms with E-state index in [0.717, 1.165) is 0 Å². The molecule has 0 spiro atoms. The van der Waals surface area contributed by atoms with Gasteiger partial charge in [-0.3, -0.25) is 14.9 Å². The lowest BCUT2D eigenvalue weighted by atomic mass is 10.1. The molecule has 0 saturated heterocycles. The molecule has 0 saturated carbocycles. The average molecular weight is 278 g/mol. The average Bonchev–Trinajstić information content (AvgIpc) is 2.45. The smallest absolute Gasteiger partial charge is 0.321 e. The van der Waals surface area contributed by atoms with Crippen LogP contribution in [0.2, 0.25) is 0 Å². The number of imide groups is 1. The molecule has 20 heavy (non-hydrogen) atoms. The van der Waals surface area contributed by atoms with E-state index in [2.05, 4.69) is 10.6 Å². The van der Waals surface area contributed by atoms with Crippen LogP contribution in [0.3, 0.4) is 0 Å². The molecule has 3 amide bonds. The monoisotopic (exact) mass is 278 g/mol. The van der Waals surface area contributed by atoms with E-state index >= 15 is 0 Å². The largest absolute Gasteiger partial charge is 0.447 e. The Kier molecular flexibility index (Phi) is 6.22. The Morgan fingerprint density at radius 1 is 1.15 bits per heavy atom. The molecule has 0 aromatic heterocycles. The van der Waals surface area contributed by atoms with Gasteiger partial charge in [-0.1, -0.05) is 37.3 Å². The van der Waals surface area contributed by atoms with Crippen LogP contribution in [0.1, 0.15) is 31.9 Å². The van der Waals surface area contributed by atoms with E-state index in [9.17, 15) is 14.4 Å². The van der Waals surface area contributed by atoms with Crippen LogP contribution in [0, 0.1) is 0 Å². The molecule has 2 N–H and O–H groups in total. The third kappa shape index (κ3) is 4.72. The molecule has 1 atom stereocenters. The van der Waals surface area contributed by atoms with Crippen LogP contribution in [0.25, 0.3) is 0 Å². The number of esters is 1. The summed E-state index contributed by atoms with van der Waals surface area (Å²) in [5.41, 5.74) is 0.510. The molecule has 0 bridgehead atoms. The van der Waals surface area contributed by atoms with E-state index < -0.39 is 24.0 Å². The third-order valence-corrected chi connectivity index (χ3v) is 2.45. The highest BCUT2D eigenvalue weighted by Crippen LogP contribution is 2.18. The summed E-state index contributed by atoms with van der Waals surface area (Å²) in [5.74, 6) is -1.19. The van der Waals surface area contributed by atoms with Crippen LogP contribution in [0.5, 0.6) is 0 Å². The van der Waals surface area contributed by atoms with Crippen LogP contribution >= 0.6 is 0 Å². The standard InChI is InChI=1S/C14H18N2O4/c1-3-11(17)20-12(10-8-6-5-7-9-10)13(18)16-14(19)15-4-2/h5-9,12H,3-4H2,1-2H3,(H2,15,16,18,19)/t12-/m0/s1. The first kappa shape index (κ1) is 15.7. The summed E-state index contributed by atoms with van der Waals surface area (Å²) in [4.78, 5) is 34.8. The van der Waals surface area contributed by atoms with Crippen molar-refractivity contribution in [2.45, 2.75) is 26.4 Å². The summed E-state index contributed by atoms with van der Waals surface area (Å²) < 4.78 is 5.10. The molecule has 0 unspecified atom stereocenters. The number of hydrogen-bond acceptors (Lipinski definition) is 4. The van der Waals surface area contributed by atoms with E-state index in [1.807, 2.05) is 0 Å². The maximum atomic E-state index is 12.0. The number of hydrogen-bond donors (Lipinski definition) is 2. The Balaban J connectivity index is 2.85. The second-order valence-corrected chi connectivity index (χ2v) is 3.98. The van der Waals surface area contributed by atoms with Crippen molar-refractivity contribution in [1.29, 1.82) is 0 Å². The van der Waals surface area contributed by atoms with Gasteiger partial charge in [0.15, 0.2) is 0 Å². The maximum absolute atomic E-state index is 12.0. The molecule has 0 radical (unpaired) electrons. The molecular weight excluding hydrogens is 260 g/mol. The van der Waals surface area contributed by atoms with Crippen molar-refractivity contribution in [3.63, 3.8) is 0 Å². The molecule has 6 heteroatoms. The lowest BCUT2D eigenvalue weighted by molar-refractivity contribution is -0.155. The third-order valence-electron chi connectivity index (χ3n) is 2.45. The van der Waals surface area contributed by atoms with E-state index in [0.29, 0.717) is 12.1 Å². The fourth-order valence-electron chi connectivity index (χ4n) is 1.50. The minimum atomic E-state index is -1.13. The van der Waals surface area contributed by atoms with Gasteiger partial charge in [-0.15, -0.1) is 0 Å². The molecule has 1 aromatic carbocycles. The molecule has 0 aliphatic carbocycles. The summed E-state index contributed by atoms with van der Waals surface area (Å²) in [6.07, 6.45) is -0.983. The number of ether oxygens (including phenoxy) is 1. The van der Waals surface area contributed by atoms with Gasteiger partial charge in [-0.2, -0.15) is 0 Å². The van der Waals surface area contributed by atoms with Crippen molar-refractivity contribution < 1.29 is 19.1 Å². The summed E-state index contributed by atoms with van der Waals surface area (Å²) in [6, 6.07) is 7.92. The Hall–Kier alpha value is -2.37. The molecule has 0 heterocycles. The Morgan fingerprint density at radius 3 is 2.35 bits per heavy atom. The van der Waals surface area contributed by atoms with E-state index in [1.165, 1.54) is 0 Å². The highest BCUT2D eigenvalue weighted by Gasteiger charge is 2.25. The van der Waals surface area contributed by atoms with Gasteiger partial charge in [0.05, 0.1) is 0 Å². The summed E-state index contributed by atoms with van der Waals surface area (Å²) in [5, 5.41) is 4.58.